The number of carbonyl (C=O) groups is 1. The van der Waals surface area contributed by atoms with Crippen molar-refractivity contribution in [3.63, 3.8) is 0 Å². The first kappa shape index (κ1) is 47.1. The van der Waals surface area contributed by atoms with Gasteiger partial charge in [-0.25, -0.2) is 19.9 Å². The first-order valence-electron chi connectivity index (χ1n) is 21.6. The number of ether oxygens (including phenoxy) is 2. The van der Waals surface area contributed by atoms with Crippen LogP contribution in [-0.2, 0) is 25.7 Å². The maximum Gasteiger partial charge on any atom is 0.573 e. The molecule has 18 heteroatoms. The van der Waals surface area contributed by atoms with Crippen LogP contribution in [-0.4, -0.2) is 49.7 Å². The zero-order valence-electron chi connectivity index (χ0n) is 36.4. The number of benzene rings is 4. The van der Waals surface area contributed by atoms with Gasteiger partial charge in [-0.3, -0.25) is 9.20 Å². The predicted octanol–water partition coefficient (Wildman–Crippen LogP) is 12.2. The number of anilines is 2. The van der Waals surface area contributed by atoms with Crippen LogP contribution in [0.2, 0.25) is 5.02 Å². The molecule has 4 aromatic heterocycles. The minimum Gasteiger partial charge on any atom is -0.439 e. The van der Waals surface area contributed by atoms with Gasteiger partial charge < -0.3 is 25.0 Å². The lowest BCUT2D eigenvalue weighted by atomic mass is 9.89. The number of rotatable bonds is 12. The largest absolute Gasteiger partial charge is 0.573 e. The molecule has 2 N–H and O–H groups in total. The molecular weight excluding hydrogens is 910 g/mol. The summed E-state index contributed by atoms with van der Waals surface area (Å²) in [5, 5.41) is 7.68. The van der Waals surface area contributed by atoms with Crippen molar-refractivity contribution in [2.45, 2.75) is 57.7 Å². The fourth-order valence-corrected chi connectivity index (χ4v) is 7.98. The average molecular weight is 953 g/mol. The van der Waals surface area contributed by atoms with Gasteiger partial charge in [-0.1, -0.05) is 67.1 Å². The summed E-state index contributed by atoms with van der Waals surface area (Å²) in [6, 6.07) is 33.6. The highest BCUT2D eigenvalue weighted by Gasteiger charge is 2.32. The lowest BCUT2D eigenvalue weighted by Gasteiger charge is -2.34. The maximum absolute atomic E-state index is 13.0. The van der Waals surface area contributed by atoms with Crippen LogP contribution in [0, 0.1) is 0 Å². The Morgan fingerprint density at radius 3 is 2.25 bits per heavy atom. The number of pyridine rings is 2. The highest BCUT2D eigenvalue weighted by molar-refractivity contribution is 6.30. The quantitative estimate of drug-likeness (QED) is 0.115. The Morgan fingerprint density at radius 1 is 0.794 bits per heavy atom. The molecule has 0 radical (unpaired) electrons. The summed E-state index contributed by atoms with van der Waals surface area (Å²) in [4.78, 5) is 32.5. The second-order valence-electron chi connectivity index (χ2n) is 15.8. The van der Waals surface area contributed by atoms with Crippen LogP contribution in [0.15, 0.2) is 140 Å². The van der Waals surface area contributed by atoms with Crippen molar-refractivity contribution in [3.05, 3.63) is 179 Å². The minimum absolute atomic E-state index is 0.0747. The molecule has 1 aliphatic heterocycles. The summed E-state index contributed by atoms with van der Waals surface area (Å²) >= 11 is 6.14. The Morgan fingerprint density at radius 2 is 1.54 bits per heavy atom. The van der Waals surface area contributed by atoms with Crippen LogP contribution in [0.5, 0.6) is 17.4 Å². The van der Waals surface area contributed by atoms with Gasteiger partial charge in [-0.2, -0.15) is 13.2 Å². The number of hydrogen-bond donors (Lipinski definition) is 2. The summed E-state index contributed by atoms with van der Waals surface area (Å²) in [5.74, 6) is 0.878. The maximum atomic E-state index is 13.0. The molecular formula is C50H43ClF6N8O3. The van der Waals surface area contributed by atoms with Crippen LogP contribution < -0.4 is 25.0 Å². The third-order valence-corrected chi connectivity index (χ3v) is 11.4. The first-order chi connectivity index (χ1) is 32.7. The van der Waals surface area contributed by atoms with Crippen molar-refractivity contribution in [3.8, 4) is 17.4 Å². The van der Waals surface area contributed by atoms with Crippen molar-refractivity contribution in [1.82, 2.24) is 29.7 Å². The highest BCUT2D eigenvalue weighted by Crippen LogP contribution is 2.34. The van der Waals surface area contributed by atoms with Crippen molar-refractivity contribution in [2.75, 3.05) is 23.3 Å². The molecule has 9 rings (SSSR count). The predicted molar refractivity (Wildman–Crippen MR) is 247 cm³/mol. The summed E-state index contributed by atoms with van der Waals surface area (Å²) in [6.07, 6.45) is -1.88. The van der Waals surface area contributed by atoms with Gasteiger partial charge in [0.25, 0.3) is 5.91 Å². The van der Waals surface area contributed by atoms with E-state index in [0.29, 0.717) is 41.7 Å². The Hall–Kier alpha value is -7.40. The summed E-state index contributed by atoms with van der Waals surface area (Å²) in [6.45, 7) is 4.51. The van der Waals surface area contributed by atoms with Crippen LogP contribution in [0.25, 0.3) is 16.6 Å². The van der Waals surface area contributed by atoms with Gasteiger partial charge in [0.1, 0.15) is 35.0 Å². The lowest BCUT2D eigenvalue weighted by Crippen LogP contribution is -2.32. The summed E-state index contributed by atoms with van der Waals surface area (Å²) in [5.41, 5.74) is 5.94. The third-order valence-electron chi connectivity index (χ3n) is 11.2. The van der Waals surface area contributed by atoms with E-state index in [-0.39, 0.29) is 29.2 Å². The smallest absolute Gasteiger partial charge is 0.439 e. The number of fused-ring (bicyclic) bond motifs is 2. The highest BCUT2D eigenvalue weighted by atomic mass is 35.5. The third kappa shape index (κ3) is 11.9. The number of carbonyl (C=O) groups excluding carboxylic acids is 1. The number of alkyl halides is 6. The number of piperidine rings is 1. The summed E-state index contributed by atoms with van der Waals surface area (Å²) in [7, 11) is 0. The normalized spacial score (nSPS) is 13.2. The molecule has 0 spiro atoms. The molecule has 0 aliphatic carbocycles. The minimum atomic E-state index is -4.68. The van der Waals surface area contributed by atoms with Gasteiger partial charge >= 0.3 is 12.5 Å². The fraction of sp³-hybridized carbons (Fsp3) is 0.220. The van der Waals surface area contributed by atoms with E-state index in [1.54, 1.807) is 53.2 Å². The van der Waals surface area contributed by atoms with Gasteiger partial charge in [0.15, 0.2) is 0 Å². The van der Waals surface area contributed by atoms with E-state index < -0.39 is 18.1 Å². The Bertz CT molecular complexity index is 2970. The van der Waals surface area contributed by atoms with E-state index in [4.69, 9.17) is 16.3 Å². The SMILES string of the molecule is CCc1nc2ccc(Cl)cn2c1C(=O)NCc1ccc(N2CCC(c3ccc(OC(F)(F)F)cc3)CC2)cc1.FC(F)(F)c1cccc(Oc2ccc(CNc3ncnc4ccccc34)cn2)c1. The number of nitrogens with zero attached hydrogens (tertiary/aromatic N) is 6. The molecule has 1 fully saturated rings. The van der Waals surface area contributed by atoms with Crippen LogP contribution >= 0.6 is 11.6 Å². The topological polar surface area (TPSA) is 119 Å². The van der Waals surface area contributed by atoms with Gasteiger partial charge in [0.2, 0.25) is 5.88 Å². The van der Waals surface area contributed by atoms with Crippen molar-refractivity contribution in [2.24, 2.45) is 0 Å². The molecule has 0 saturated carbocycles. The molecule has 8 aromatic rings. The molecule has 68 heavy (non-hydrogen) atoms. The monoisotopic (exact) mass is 952 g/mol. The molecule has 0 unspecified atom stereocenters. The van der Waals surface area contributed by atoms with Crippen LogP contribution in [0.3, 0.4) is 0 Å². The Labute approximate surface area is 391 Å². The lowest BCUT2D eigenvalue weighted by molar-refractivity contribution is -0.274. The molecule has 1 saturated heterocycles. The molecule has 4 aromatic carbocycles. The fourth-order valence-electron chi connectivity index (χ4n) is 7.82. The van der Waals surface area contributed by atoms with E-state index in [0.717, 1.165) is 77.0 Å². The van der Waals surface area contributed by atoms with Crippen molar-refractivity contribution in [1.29, 1.82) is 0 Å². The molecule has 350 valence electrons. The molecule has 5 heterocycles. The number of halogens is 7. The molecule has 1 amide bonds. The first-order valence-corrected chi connectivity index (χ1v) is 21.9. The number of nitrogens with one attached hydrogen (secondary N) is 2. The van der Waals surface area contributed by atoms with Gasteiger partial charge in [-0.05, 0) is 109 Å². The van der Waals surface area contributed by atoms with Crippen LogP contribution in [0.4, 0.5) is 37.8 Å². The zero-order chi connectivity index (χ0) is 47.8. The van der Waals surface area contributed by atoms with E-state index in [1.807, 2.05) is 43.3 Å². The molecule has 0 bridgehead atoms. The van der Waals surface area contributed by atoms with Crippen molar-refractivity contribution >= 4 is 45.6 Å². The number of para-hydroxylation sites is 1. The Balaban J connectivity index is 0.000000192. The zero-order valence-corrected chi connectivity index (χ0v) is 37.1. The standard InChI is InChI=1S/C29H28ClF3N4O2.C21H15F3N4O/c1-2-25-27(37-18-22(30)7-12-26(37)35-25)28(38)34-17-19-3-8-23(9-4-19)36-15-13-21(14-16-36)20-5-10-24(11-6-20)39-29(31,32)33;22-21(23,24)15-4-3-5-16(10-15)29-19-9-8-14(11-25-19)12-26-20-17-6-1-2-7-18(17)27-13-28-20/h3-12,18,21H,2,13-17H2,1H3,(H,34,38);1-11,13H,12H2,(H,26,27,28). The van der Waals surface area contributed by atoms with Crippen LogP contribution in [0.1, 0.15) is 64.1 Å². The van der Waals surface area contributed by atoms with Gasteiger partial charge in [-0.15, -0.1) is 13.2 Å². The number of aromatic nitrogens is 5. The van der Waals surface area contributed by atoms with E-state index >= 15 is 0 Å². The number of amides is 1. The van der Waals surface area contributed by atoms with Gasteiger partial charge in [0, 0.05) is 55.7 Å². The summed E-state index contributed by atoms with van der Waals surface area (Å²) < 4.78 is 86.7. The molecule has 1 aliphatic rings. The second-order valence-corrected chi connectivity index (χ2v) is 16.2. The van der Waals surface area contributed by atoms with E-state index in [1.165, 1.54) is 30.6 Å². The van der Waals surface area contributed by atoms with E-state index in [9.17, 15) is 31.1 Å². The second kappa shape index (κ2) is 20.6. The van der Waals surface area contributed by atoms with Crippen molar-refractivity contribution < 1.29 is 40.6 Å². The number of hydrogen-bond acceptors (Lipinski definition) is 9. The Kier molecular flexibility index (Phi) is 14.3. The molecule has 0 atom stereocenters. The number of aryl methyl sites for hydroxylation is 1. The average Bonchev–Trinajstić information content (AvgIpc) is 3.71. The van der Waals surface area contributed by atoms with E-state index in [2.05, 4.69) is 52.3 Å². The molecule has 11 nitrogen and oxygen atoms in total. The number of imidazole rings is 1. The van der Waals surface area contributed by atoms with Gasteiger partial charge in [0.05, 0.1) is 21.8 Å².